The van der Waals surface area contributed by atoms with Crippen molar-refractivity contribution in [2.24, 2.45) is 0 Å². The third-order valence-electron chi connectivity index (χ3n) is 4.83. The van der Waals surface area contributed by atoms with Gasteiger partial charge in [0, 0.05) is 31.9 Å². The lowest BCUT2D eigenvalue weighted by molar-refractivity contribution is -0.118. The molecule has 0 aromatic heterocycles. The number of anilines is 1. The molecule has 0 aliphatic carbocycles. The van der Waals surface area contributed by atoms with Gasteiger partial charge in [0.2, 0.25) is 15.9 Å². The van der Waals surface area contributed by atoms with Gasteiger partial charge in [0.25, 0.3) is 0 Å². The second-order valence-electron chi connectivity index (χ2n) is 6.73. The van der Waals surface area contributed by atoms with Crippen LogP contribution in [0.5, 0.6) is 0 Å². The van der Waals surface area contributed by atoms with Gasteiger partial charge in [-0.1, -0.05) is 12.5 Å². The lowest BCUT2D eigenvalue weighted by Gasteiger charge is -2.31. The Labute approximate surface area is 149 Å². The number of likely N-dealkylation sites (N-methyl/N-ethyl adjacent to an activating group) is 1. The van der Waals surface area contributed by atoms with Gasteiger partial charge in [-0.3, -0.25) is 4.79 Å². The van der Waals surface area contributed by atoms with Crippen LogP contribution in [0.15, 0.2) is 29.2 Å². The molecule has 0 spiro atoms. The molecule has 2 fully saturated rings. The zero-order valence-corrected chi connectivity index (χ0v) is 15.4. The molecule has 2 aliphatic rings. The van der Waals surface area contributed by atoms with E-state index in [1.165, 1.54) is 4.31 Å². The van der Waals surface area contributed by atoms with Crippen LogP contribution in [0.4, 0.5) is 5.69 Å². The lowest BCUT2D eigenvalue weighted by atomic mass is 10.0. The summed E-state index contributed by atoms with van der Waals surface area (Å²) >= 11 is 0. The summed E-state index contributed by atoms with van der Waals surface area (Å²) in [5, 5.41) is 6.04. The topological polar surface area (TPSA) is 81.8 Å². The summed E-state index contributed by atoms with van der Waals surface area (Å²) in [7, 11) is -1.54. The predicted octanol–water partition coefficient (Wildman–Crippen LogP) is 0.703. The highest BCUT2D eigenvalue weighted by molar-refractivity contribution is 7.89. The molecule has 1 amide bonds. The molecule has 1 aromatic rings. The fourth-order valence-electron chi connectivity index (χ4n) is 3.22. The smallest absolute Gasteiger partial charge is 0.243 e. The van der Waals surface area contributed by atoms with Crippen LogP contribution in [0.1, 0.15) is 19.3 Å². The third kappa shape index (κ3) is 4.38. The van der Waals surface area contributed by atoms with Crippen molar-refractivity contribution in [1.82, 2.24) is 14.5 Å². The minimum atomic E-state index is -3.53. The first-order chi connectivity index (χ1) is 12.0. The first kappa shape index (κ1) is 18.3. The van der Waals surface area contributed by atoms with Crippen LogP contribution in [-0.4, -0.2) is 69.3 Å². The molecule has 0 unspecified atom stereocenters. The van der Waals surface area contributed by atoms with E-state index in [1.807, 2.05) is 7.05 Å². The molecule has 7 nitrogen and oxygen atoms in total. The number of nitrogens with zero attached hydrogens (tertiary/aromatic N) is 2. The molecule has 138 valence electrons. The van der Waals surface area contributed by atoms with Crippen molar-refractivity contribution in [2.45, 2.75) is 30.2 Å². The number of carbonyl (C=O) groups is 1. The standard InChI is InChI=1S/C17H26N4O3S/c1-20-9-11-21(12-10-20)25(23,24)15-6-4-5-14(13-15)19-17(22)16-7-2-3-8-18-16/h4-6,13,16,18H,2-3,7-12H2,1H3,(H,19,22)/t16-/m1/s1. The van der Waals surface area contributed by atoms with Gasteiger partial charge in [-0.25, -0.2) is 8.42 Å². The van der Waals surface area contributed by atoms with Crippen molar-refractivity contribution in [3.05, 3.63) is 24.3 Å². The van der Waals surface area contributed by atoms with E-state index in [1.54, 1.807) is 24.3 Å². The number of sulfonamides is 1. The molecular weight excluding hydrogens is 340 g/mol. The molecule has 0 bridgehead atoms. The molecule has 2 aliphatic heterocycles. The third-order valence-corrected chi connectivity index (χ3v) is 6.72. The average molecular weight is 366 g/mol. The highest BCUT2D eigenvalue weighted by atomic mass is 32.2. The van der Waals surface area contributed by atoms with Crippen LogP contribution >= 0.6 is 0 Å². The summed E-state index contributed by atoms with van der Waals surface area (Å²) < 4.78 is 27.1. The first-order valence-electron chi connectivity index (χ1n) is 8.80. The van der Waals surface area contributed by atoms with Crippen LogP contribution in [0.2, 0.25) is 0 Å². The number of piperidine rings is 1. The molecule has 2 heterocycles. The van der Waals surface area contributed by atoms with Crippen LogP contribution in [0, 0.1) is 0 Å². The number of amides is 1. The molecular formula is C17H26N4O3S. The van der Waals surface area contributed by atoms with Crippen molar-refractivity contribution >= 4 is 21.6 Å². The van der Waals surface area contributed by atoms with E-state index in [4.69, 9.17) is 0 Å². The Morgan fingerprint density at radius 1 is 1.20 bits per heavy atom. The van der Waals surface area contributed by atoms with Crippen LogP contribution in [0.25, 0.3) is 0 Å². The number of piperazine rings is 1. The summed E-state index contributed by atoms with van der Waals surface area (Å²) in [5.74, 6) is -0.103. The first-order valence-corrected chi connectivity index (χ1v) is 10.2. The van der Waals surface area contributed by atoms with E-state index in [0.717, 1.165) is 38.9 Å². The summed E-state index contributed by atoms with van der Waals surface area (Å²) in [5.41, 5.74) is 0.521. The Morgan fingerprint density at radius 2 is 1.96 bits per heavy atom. The van der Waals surface area contributed by atoms with E-state index in [-0.39, 0.29) is 16.8 Å². The second-order valence-corrected chi connectivity index (χ2v) is 8.66. The average Bonchev–Trinajstić information content (AvgIpc) is 2.63. The lowest BCUT2D eigenvalue weighted by Crippen LogP contribution is -2.47. The van der Waals surface area contributed by atoms with Gasteiger partial charge in [-0.05, 0) is 44.6 Å². The fraction of sp³-hybridized carbons (Fsp3) is 0.588. The zero-order chi connectivity index (χ0) is 17.9. The Kier molecular flexibility index (Phi) is 5.73. The largest absolute Gasteiger partial charge is 0.325 e. The minimum absolute atomic E-state index is 0.103. The number of carbonyl (C=O) groups excluding carboxylic acids is 1. The van der Waals surface area contributed by atoms with Crippen molar-refractivity contribution in [1.29, 1.82) is 0 Å². The molecule has 0 saturated carbocycles. The number of benzene rings is 1. The van der Waals surface area contributed by atoms with Gasteiger partial charge in [0.1, 0.15) is 0 Å². The Balaban J connectivity index is 1.71. The Bertz CT molecular complexity index is 708. The molecule has 3 rings (SSSR count). The number of hydrogen-bond acceptors (Lipinski definition) is 5. The van der Waals surface area contributed by atoms with Gasteiger partial charge in [-0.15, -0.1) is 0 Å². The van der Waals surface area contributed by atoms with Crippen molar-refractivity contribution in [2.75, 3.05) is 45.1 Å². The van der Waals surface area contributed by atoms with E-state index >= 15 is 0 Å². The molecule has 1 atom stereocenters. The molecule has 0 radical (unpaired) electrons. The van der Waals surface area contributed by atoms with Crippen molar-refractivity contribution < 1.29 is 13.2 Å². The Hall–Kier alpha value is -1.48. The zero-order valence-electron chi connectivity index (χ0n) is 14.6. The molecule has 8 heteroatoms. The number of rotatable bonds is 4. The van der Waals surface area contributed by atoms with Crippen LogP contribution in [-0.2, 0) is 14.8 Å². The Morgan fingerprint density at radius 3 is 2.64 bits per heavy atom. The van der Waals surface area contributed by atoms with Crippen LogP contribution in [0.3, 0.4) is 0 Å². The maximum atomic E-state index is 12.8. The van der Waals surface area contributed by atoms with Gasteiger partial charge < -0.3 is 15.5 Å². The van der Waals surface area contributed by atoms with E-state index < -0.39 is 10.0 Å². The van der Waals surface area contributed by atoms with E-state index in [0.29, 0.717) is 18.8 Å². The highest BCUT2D eigenvalue weighted by Gasteiger charge is 2.28. The monoisotopic (exact) mass is 366 g/mol. The second kappa shape index (κ2) is 7.82. The van der Waals surface area contributed by atoms with E-state index in [9.17, 15) is 13.2 Å². The fourth-order valence-corrected chi connectivity index (χ4v) is 4.69. The predicted molar refractivity (Wildman–Crippen MR) is 97.0 cm³/mol. The van der Waals surface area contributed by atoms with E-state index in [2.05, 4.69) is 15.5 Å². The van der Waals surface area contributed by atoms with Gasteiger partial charge in [0.05, 0.1) is 10.9 Å². The minimum Gasteiger partial charge on any atom is -0.325 e. The number of hydrogen-bond donors (Lipinski definition) is 2. The van der Waals surface area contributed by atoms with Gasteiger partial charge in [-0.2, -0.15) is 4.31 Å². The summed E-state index contributed by atoms with van der Waals surface area (Å²) in [6.07, 6.45) is 2.93. The van der Waals surface area contributed by atoms with Gasteiger partial charge in [0.15, 0.2) is 0 Å². The van der Waals surface area contributed by atoms with Gasteiger partial charge >= 0.3 is 0 Å². The maximum Gasteiger partial charge on any atom is 0.243 e. The maximum absolute atomic E-state index is 12.8. The summed E-state index contributed by atoms with van der Waals surface area (Å²) in [4.78, 5) is 14.7. The van der Waals surface area contributed by atoms with Crippen molar-refractivity contribution in [3.63, 3.8) is 0 Å². The number of nitrogens with one attached hydrogen (secondary N) is 2. The quantitative estimate of drug-likeness (QED) is 0.820. The molecule has 2 N–H and O–H groups in total. The summed E-state index contributed by atoms with van der Waals surface area (Å²) in [6.45, 7) is 3.27. The van der Waals surface area contributed by atoms with Crippen molar-refractivity contribution in [3.8, 4) is 0 Å². The summed E-state index contributed by atoms with van der Waals surface area (Å²) in [6, 6.07) is 6.33. The molecule has 2 saturated heterocycles. The SMILES string of the molecule is CN1CCN(S(=O)(=O)c2cccc(NC(=O)[C@H]3CCCCN3)c2)CC1. The normalized spacial score (nSPS) is 23.3. The van der Waals surface area contributed by atoms with Crippen LogP contribution < -0.4 is 10.6 Å². The highest BCUT2D eigenvalue weighted by Crippen LogP contribution is 2.21. The molecule has 1 aromatic carbocycles. The molecule has 25 heavy (non-hydrogen) atoms.